The molecule has 2 heterocycles. The quantitative estimate of drug-likeness (QED) is 0.682. The number of nitrogens with zero attached hydrogens (tertiary/aromatic N) is 4. The van der Waals surface area contributed by atoms with E-state index in [1.807, 2.05) is 32.0 Å². The molecule has 3 amide bonds. The number of aryl methyl sites for hydroxylation is 2. The van der Waals surface area contributed by atoms with Gasteiger partial charge in [0.15, 0.2) is 5.16 Å². The molecule has 0 radical (unpaired) electrons. The lowest BCUT2D eigenvalue weighted by molar-refractivity contribution is -0.119. The van der Waals surface area contributed by atoms with Gasteiger partial charge < -0.3 is 10.2 Å². The third-order valence-electron chi connectivity index (χ3n) is 5.47. The molecule has 30 heavy (non-hydrogen) atoms. The van der Waals surface area contributed by atoms with E-state index >= 15 is 0 Å². The van der Waals surface area contributed by atoms with Crippen molar-refractivity contribution in [1.82, 2.24) is 20.1 Å². The average Bonchev–Trinajstić information content (AvgIpc) is 3.22. The van der Waals surface area contributed by atoms with Gasteiger partial charge >= 0.3 is 6.03 Å². The number of anilines is 2. The summed E-state index contributed by atoms with van der Waals surface area (Å²) in [6.45, 7) is 7.71. The summed E-state index contributed by atoms with van der Waals surface area (Å²) >= 11 is 1.35. The van der Waals surface area contributed by atoms with E-state index in [-0.39, 0.29) is 5.91 Å². The van der Waals surface area contributed by atoms with Crippen LogP contribution in [0.3, 0.4) is 0 Å². The van der Waals surface area contributed by atoms with Crippen LogP contribution in [0.1, 0.15) is 49.8 Å². The van der Waals surface area contributed by atoms with Crippen molar-refractivity contribution >= 4 is 35.3 Å². The second kappa shape index (κ2) is 8.67. The molecule has 1 atom stereocenters. The van der Waals surface area contributed by atoms with Gasteiger partial charge in [0, 0.05) is 24.8 Å². The summed E-state index contributed by atoms with van der Waals surface area (Å²) in [5.74, 6) is 0.563. The van der Waals surface area contributed by atoms with Crippen LogP contribution in [0.25, 0.3) is 0 Å². The summed E-state index contributed by atoms with van der Waals surface area (Å²) in [5, 5.41) is 14.2. The van der Waals surface area contributed by atoms with Crippen molar-refractivity contribution in [3.63, 3.8) is 0 Å². The van der Waals surface area contributed by atoms with E-state index < -0.39 is 11.3 Å². The number of aromatic nitrogens is 3. The van der Waals surface area contributed by atoms with Gasteiger partial charge in [0.1, 0.15) is 0 Å². The largest absolute Gasteiger partial charge is 0.341 e. The third kappa shape index (κ3) is 4.61. The van der Waals surface area contributed by atoms with Gasteiger partial charge in [-0.25, -0.2) is 4.79 Å². The third-order valence-corrected chi connectivity index (χ3v) is 6.52. The van der Waals surface area contributed by atoms with Gasteiger partial charge in [-0.2, -0.15) is 0 Å². The number of amides is 3. The Balaban J connectivity index is 1.38. The maximum Gasteiger partial charge on any atom is 0.325 e. The number of thioether (sulfide) groups is 1. The SMILES string of the molecule is Cc1ccc(NC(=O)NC(=O)C(C)Sc2nnc(N3CCCC3)n2C2CC2)c(C)c1. The Kier molecular flexibility index (Phi) is 5.99. The molecule has 160 valence electrons. The maximum atomic E-state index is 12.6. The number of nitrogens with one attached hydrogen (secondary N) is 2. The van der Waals surface area contributed by atoms with Crippen LogP contribution < -0.4 is 15.5 Å². The van der Waals surface area contributed by atoms with Crippen molar-refractivity contribution in [2.75, 3.05) is 23.3 Å². The van der Waals surface area contributed by atoms with Crippen molar-refractivity contribution in [2.24, 2.45) is 0 Å². The summed E-state index contributed by atoms with van der Waals surface area (Å²) in [5.41, 5.74) is 2.76. The molecular formula is C21H28N6O2S. The predicted molar refractivity (Wildman–Crippen MR) is 118 cm³/mol. The molecule has 1 aliphatic carbocycles. The molecule has 8 nitrogen and oxygen atoms in total. The summed E-state index contributed by atoms with van der Waals surface area (Å²) < 4.78 is 2.18. The van der Waals surface area contributed by atoms with Crippen molar-refractivity contribution in [3.8, 4) is 0 Å². The minimum Gasteiger partial charge on any atom is -0.341 e. The van der Waals surface area contributed by atoms with E-state index in [1.165, 1.54) is 24.6 Å². The van der Waals surface area contributed by atoms with Crippen LogP contribution in [0, 0.1) is 13.8 Å². The first-order chi connectivity index (χ1) is 14.4. The Morgan fingerprint density at radius 1 is 1.17 bits per heavy atom. The lowest BCUT2D eigenvalue weighted by Gasteiger charge is -2.18. The molecule has 2 aromatic rings. The van der Waals surface area contributed by atoms with Crippen molar-refractivity contribution in [2.45, 2.75) is 62.9 Å². The Morgan fingerprint density at radius 3 is 2.57 bits per heavy atom. The Hall–Kier alpha value is -2.55. The maximum absolute atomic E-state index is 12.6. The summed E-state index contributed by atoms with van der Waals surface area (Å²) in [6, 6.07) is 5.64. The number of carbonyl (C=O) groups is 2. The number of urea groups is 1. The van der Waals surface area contributed by atoms with Gasteiger partial charge in [-0.15, -0.1) is 10.2 Å². The van der Waals surface area contributed by atoms with Crippen molar-refractivity contribution < 1.29 is 9.59 Å². The number of benzene rings is 1. The minimum atomic E-state index is -0.527. The number of hydrogen-bond acceptors (Lipinski definition) is 6. The first-order valence-electron chi connectivity index (χ1n) is 10.5. The molecule has 0 bridgehead atoms. The standard InChI is InChI=1S/C21H28N6O2S/c1-13-6-9-17(14(2)12-13)22-19(29)23-18(28)15(3)30-21-25-24-20(26-10-4-5-11-26)27(21)16-7-8-16/h6,9,12,15-16H,4-5,7-8,10-11H2,1-3H3,(H2,22,23,28,29). The summed E-state index contributed by atoms with van der Waals surface area (Å²) in [7, 11) is 0. The minimum absolute atomic E-state index is 0.352. The molecule has 2 aliphatic rings. The molecule has 1 aliphatic heterocycles. The zero-order chi connectivity index (χ0) is 21.3. The fourth-order valence-electron chi connectivity index (χ4n) is 3.67. The monoisotopic (exact) mass is 428 g/mol. The molecule has 0 spiro atoms. The van der Waals surface area contributed by atoms with Gasteiger partial charge in [-0.3, -0.25) is 14.7 Å². The summed E-state index contributed by atoms with van der Waals surface area (Å²) in [6.07, 6.45) is 4.58. The predicted octanol–water partition coefficient (Wildman–Crippen LogP) is 3.66. The lowest BCUT2D eigenvalue weighted by atomic mass is 10.1. The van der Waals surface area contributed by atoms with Gasteiger partial charge in [-0.05, 0) is 58.1 Å². The van der Waals surface area contributed by atoms with Gasteiger partial charge in [-0.1, -0.05) is 29.5 Å². The van der Waals surface area contributed by atoms with E-state index in [0.717, 1.165) is 48.2 Å². The molecule has 1 saturated carbocycles. The molecule has 2 fully saturated rings. The smallest absolute Gasteiger partial charge is 0.325 e. The molecule has 1 saturated heterocycles. The Bertz CT molecular complexity index is 949. The highest BCUT2D eigenvalue weighted by atomic mass is 32.2. The van der Waals surface area contributed by atoms with Crippen LogP contribution in [-0.2, 0) is 4.79 Å². The molecule has 4 rings (SSSR count). The topological polar surface area (TPSA) is 92.2 Å². The van der Waals surface area contributed by atoms with Crippen LogP contribution >= 0.6 is 11.8 Å². The highest BCUT2D eigenvalue weighted by Gasteiger charge is 2.33. The van der Waals surface area contributed by atoms with Crippen molar-refractivity contribution in [1.29, 1.82) is 0 Å². The van der Waals surface area contributed by atoms with Gasteiger partial charge in [0.25, 0.3) is 0 Å². The van der Waals surface area contributed by atoms with Crippen LogP contribution in [0.15, 0.2) is 23.4 Å². The number of carbonyl (C=O) groups excluding carboxylic acids is 2. The number of hydrogen-bond donors (Lipinski definition) is 2. The molecule has 2 N–H and O–H groups in total. The van der Waals surface area contributed by atoms with E-state index in [2.05, 4.69) is 30.3 Å². The Labute approximate surface area is 180 Å². The lowest BCUT2D eigenvalue weighted by Crippen LogP contribution is -2.39. The van der Waals surface area contributed by atoms with E-state index in [0.29, 0.717) is 11.7 Å². The van der Waals surface area contributed by atoms with Crippen LogP contribution in [-0.4, -0.2) is 45.0 Å². The van der Waals surface area contributed by atoms with Crippen molar-refractivity contribution in [3.05, 3.63) is 29.3 Å². The molecular weight excluding hydrogens is 400 g/mol. The second-order valence-electron chi connectivity index (χ2n) is 8.10. The summed E-state index contributed by atoms with van der Waals surface area (Å²) in [4.78, 5) is 27.1. The fourth-order valence-corrected chi connectivity index (χ4v) is 4.58. The van der Waals surface area contributed by atoms with E-state index in [1.54, 1.807) is 6.92 Å². The van der Waals surface area contributed by atoms with Gasteiger partial charge in [0.05, 0.1) is 5.25 Å². The van der Waals surface area contributed by atoms with Crippen LogP contribution in [0.2, 0.25) is 0 Å². The average molecular weight is 429 g/mol. The fraction of sp³-hybridized carbons (Fsp3) is 0.524. The van der Waals surface area contributed by atoms with E-state index in [9.17, 15) is 9.59 Å². The highest BCUT2D eigenvalue weighted by molar-refractivity contribution is 8.00. The molecule has 1 aromatic carbocycles. The molecule has 1 unspecified atom stereocenters. The normalized spacial score (nSPS) is 17.1. The molecule has 9 heteroatoms. The zero-order valence-electron chi connectivity index (χ0n) is 17.6. The van der Waals surface area contributed by atoms with Crippen LogP contribution in [0.4, 0.5) is 16.4 Å². The van der Waals surface area contributed by atoms with Crippen LogP contribution in [0.5, 0.6) is 0 Å². The number of imide groups is 1. The zero-order valence-corrected chi connectivity index (χ0v) is 18.5. The second-order valence-corrected chi connectivity index (χ2v) is 9.41. The van der Waals surface area contributed by atoms with Gasteiger partial charge in [0.2, 0.25) is 11.9 Å². The first-order valence-corrected chi connectivity index (χ1v) is 11.4. The molecule has 1 aromatic heterocycles. The Morgan fingerprint density at radius 2 is 1.90 bits per heavy atom. The number of rotatable bonds is 6. The van der Waals surface area contributed by atoms with E-state index in [4.69, 9.17) is 0 Å². The first kappa shape index (κ1) is 20.7. The highest BCUT2D eigenvalue weighted by Crippen LogP contribution is 2.42.